The Labute approximate surface area is 442 Å². The lowest BCUT2D eigenvalue weighted by molar-refractivity contribution is -0.267. The molecule has 1 saturated carbocycles. The molecule has 4 rings (SSSR count). The minimum absolute atomic E-state index is 0.0140. The van der Waals surface area contributed by atoms with Gasteiger partial charge in [0, 0.05) is 65.1 Å². The van der Waals surface area contributed by atoms with Gasteiger partial charge in [0.1, 0.15) is 30.1 Å². The number of esters is 1. The number of aliphatic hydroxyl groups excluding tert-OH is 2. The zero-order valence-electron chi connectivity index (χ0n) is 46.8. The Hall–Kier alpha value is -3.45. The summed E-state index contributed by atoms with van der Waals surface area (Å²) in [5.74, 6) is -8.14. The average Bonchev–Trinajstić information content (AvgIpc) is 3.36. The van der Waals surface area contributed by atoms with Crippen LogP contribution in [0.15, 0.2) is 47.6 Å². The molecule has 3 aliphatic heterocycles. The molecule has 4 aliphatic rings. The van der Waals surface area contributed by atoms with Crippen molar-refractivity contribution < 1.29 is 72.5 Å². The van der Waals surface area contributed by atoms with Crippen LogP contribution in [-0.4, -0.2) is 157 Å². The van der Waals surface area contributed by atoms with E-state index in [1.807, 2.05) is 71.9 Å². The zero-order valence-corrected chi connectivity index (χ0v) is 46.8. The van der Waals surface area contributed by atoms with Gasteiger partial charge in [0.15, 0.2) is 5.78 Å². The number of cyclic esters (lactones) is 1. The summed E-state index contributed by atoms with van der Waals surface area (Å²) in [6.07, 6.45) is 12.1. The SMILES string of the molecule is COCCO[C@@H]1CC[C@@H](C[C@@H](C)[C@@H]2CC(=O)[C@H](C)/C=C(\C)[C@@H](O)[C@@H](OC)C(=O)[C@H](C)C[C@H](C)/C=C/C=C/C=C(\C)[C@H](OC(C)(C)CCO)C[C@@H]3CC[C@@H](C)[C@@](O)(O3)C(=O)C(=O)N3CCCC[C@H]3C(=O)O2)C[C@H]1OC. The maximum atomic E-state index is 14.6. The van der Waals surface area contributed by atoms with E-state index in [4.69, 9.17) is 33.2 Å². The van der Waals surface area contributed by atoms with Crippen molar-refractivity contribution in [3.05, 3.63) is 47.6 Å². The fourth-order valence-corrected chi connectivity index (χ4v) is 11.1. The molecule has 3 N–H and O–H groups in total. The minimum atomic E-state index is -2.49. The second-order valence-corrected chi connectivity index (χ2v) is 22.5. The number of methoxy groups -OCH3 is 3. The first kappa shape index (κ1) is 63.1. The highest BCUT2D eigenvalue weighted by Gasteiger charge is 2.53. The molecule has 15 atom stereocenters. The molecule has 2 bridgehead atoms. The van der Waals surface area contributed by atoms with Crippen molar-refractivity contribution in [3.8, 4) is 0 Å². The summed E-state index contributed by atoms with van der Waals surface area (Å²) in [6.45, 7) is 17.3. The highest BCUT2D eigenvalue weighted by molar-refractivity contribution is 6.39. The minimum Gasteiger partial charge on any atom is -0.460 e. The number of nitrogens with zero attached hydrogens (tertiary/aromatic N) is 1. The number of fused-ring (bicyclic) bond motifs is 3. The van der Waals surface area contributed by atoms with Crippen molar-refractivity contribution in [2.45, 2.75) is 206 Å². The third-order valence-electron chi connectivity index (χ3n) is 16.0. The van der Waals surface area contributed by atoms with E-state index in [-0.39, 0.29) is 73.9 Å². The van der Waals surface area contributed by atoms with E-state index < -0.39 is 83.4 Å². The molecule has 3 heterocycles. The summed E-state index contributed by atoms with van der Waals surface area (Å²) >= 11 is 0. The van der Waals surface area contributed by atoms with Gasteiger partial charge in [0.2, 0.25) is 5.79 Å². The Kier molecular flexibility index (Phi) is 25.5. The number of carbonyl (C=O) groups excluding carboxylic acids is 5. The summed E-state index contributed by atoms with van der Waals surface area (Å²) in [5, 5.41) is 33.6. The molecule has 0 spiro atoms. The summed E-state index contributed by atoms with van der Waals surface area (Å²) in [6, 6.07) is -1.16. The number of piperidine rings is 1. The Morgan fingerprint density at radius 2 is 1.59 bits per heavy atom. The Morgan fingerprint density at radius 1 is 0.865 bits per heavy atom. The van der Waals surface area contributed by atoms with Gasteiger partial charge in [-0.15, -0.1) is 0 Å². The van der Waals surface area contributed by atoms with Gasteiger partial charge in [-0.3, -0.25) is 19.2 Å². The topological polar surface area (TPSA) is 214 Å². The van der Waals surface area contributed by atoms with Crippen molar-refractivity contribution in [2.75, 3.05) is 47.7 Å². The number of carbonyl (C=O) groups is 5. The van der Waals surface area contributed by atoms with Gasteiger partial charge < -0.3 is 53.4 Å². The standard InChI is InChI=1S/C58H93NO15/c1-36-18-14-13-15-19-37(2)49(74-57(8,9)25-27-60)34-44-23-21-42(7)58(67,73-44)54(64)55(65)59-26-17-16-20-45(59)56(66)72-48(39(4)32-43-22-24-47(50(33-43)69-11)71-29-28-68-10)35-46(61)38(3)31-41(6)52(63)53(70-12)51(62)40(5)30-36/h13-15,18-19,31,36,38-40,42-45,47-50,52-53,60,63,67H,16-17,20-30,32-35H2,1-12H3/b15-13+,18-14+,37-19+,41-31+/t36-,38-,39-,40-,42-,43+,44+,45+,47-,48+,49-,50-,52-,53+,58-/m1/s1. The van der Waals surface area contributed by atoms with E-state index in [9.17, 15) is 39.3 Å². The van der Waals surface area contributed by atoms with Gasteiger partial charge in [0.05, 0.1) is 43.2 Å². The molecule has 0 aromatic carbocycles. The Morgan fingerprint density at radius 3 is 2.27 bits per heavy atom. The number of rotatable bonds is 13. The van der Waals surface area contributed by atoms with Crippen LogP contribution in [0.2, 0.25) is 0 Å². The maximum Gasteiger partial charge on any atom is 0.329 e. The summed E-state index contributed by atoms with van der Waals surface area (Å²) in [7, 11) is 4.67. The highest BCUT2D eigenvalue weighted by Crippen LogP contribution is 2.39. The normalized spacial score (nSPS) is 37.2. The number of aliphatic hydroxyl groups is 3. The lowest BCUT2D eigenvalue weighted by Crippen LogP contribution is -2.61. The summed E-state index contributed by atoms with van der Waals surface area (Å²) < 4.78 is 42.1. The molecule has 0 aromatic rings. The first-order chi connectivity index (χ1) is 35.0. The highest BCUT2D eigenvalue weighted by atomic mass is 16.6. The van der Waals surface area contributed by atoms with Crippen molar-refractivity contribution in [1.82, 2.24) is 4.90 Å². The molecule has 2 saturated heterocycles. The molecule has 1 aliphatic carbocycles. The molecular formula is C58H93NO15. The first-order valence-corrected chi connectivity index (χ1v) is 27.4. The number of hydrogen-bond acceptors (Lipinski definition) is 15. The quantitative estimate of drug-likeness (QED) is 0.0710. The van der Waals surface area contributed by atoms with Crippen LogP contribution >= 0.6 is 0 Å². The molecule has 3 fully saturated rings. The van der Waals surface area contributed by atoms with Crippen LogP contribution in [0.5, 0.6) is 0 Å². The van der Waals surface area contributed by atoms with E-state index in [0.717, 1.165) is 18.4 Å². The average molecular weight is 1040 g/mol. The monoisotopic (exact) mass is 1040 g/mol. The number of ether oxygens (including phenoxy) is 7. The Bertz CT molecular complexity index is 1960. The number of hydrogen-bond donors (Lipinski definition) is 3. The van der Waals surface area contributed by atoms with E-state index in [1.54, 1.807) is 41.1 Å². The van der Waals surface area contributed by atoms with Crippen LogP contribution in [0, 0.1) is 35.5 Å². The van der Waals surface area contributed by atoms with E-state index >= 15 is 0 Å². The predicted octanol–water partition coefficient (Wildman–Crippen LogP) is 7.38. The van der Waals surface area contributed by atoms with Crippen LogP contribution in [0.1, 0.15) is 146 Å². The fraction of sp³-hybridized carbons (Fsp3) is 0.776. The van der Waals surface area contributed by atoms with Crippen molar-refractivity contribution in [3.63, 3.8) is 0 Å². The largest absolute Gasteiger partial charge is 0.460 e. The third-order valence-corrected chi connectivity index (χ3v) is 16.0. The van der Waals surface area contributed by atoms with Crippen LogP contribution in [-0.2, 0) is 57.1 Å². The molecule has 420 valence electrons. The van der Waals surface area contributed by atoms with Gasteiger partial charge in [-0.05, 0) is 127 Å². The van der Waals surface area contributed by atoms with Crippen molar-refractivity contribution in [2.24, 2.45) is 35.5 Å². The molecule has 74 heavy (non-hydrogen) atoms. The molecule has 0 radical (unpaired) electrons. The van der Waals surface area contributed by atoms with Gasteiger partial charge in [-0.1, -0.05) is 71.1 Å². The van der Waals surface area contributed by atoms with Crippen LogP contribution < -0.4 is 0 Å². The molecule has 16 nitrogen and oxygen atoms in total. The lowest BCUT2D eigenvalue weighted by atomic mass is 9.78. The van der Waals surface area contributed by atoms with Gasteiger partial charge in [-0.25, -0.2) is 4.79 Å². The molecule has 16 heteroatoms. The van der Waals surface area contributed by atoms with E-state index in [1.165, 1.54) is 12.0 Å². The number of allylic oxidation sites excluding steroid dienone is 6. The summed E-state index contributed by atoms with van der Waals surface area (Å²) in [4.78, 5) is 72.9. The molecular weight excluding hydrogens is 951 g/mol. The second-order valence-electron chi connectivity index (χ2n) is 22.5. The first-order valence-electron chi connectivity index (χ1n) is 27.4. The summed E-state index contributed by atoms with van der Waals surface area (Å²) in [5.41, 5.74) is 0.463. The smallest absolute Gasteiger partial charge is 0.329 e. The van der Waals surface area contributed by atoms with Crippen molar-refractivity contribution in [1.29, 1.82) is 0 Å². The lowest BCUT2D eigenvalue weighted by Gasteiger charge is -2.43. The van der Waals surface area contributed by atoms with E-state index in [0.29, 0.717) is 70.2 Å². The zero-order chi connectivity index (χ0) is 54.9. The Balaban J connectivity index is 1.73. The number of ketones is 3. The van der Waals surface area contributed by atoms with Crippen molar-refractivity contribution >= 4 is 29.2 Å². The molecule has 0 aromatic heterocycles. The van der Waals surface area contributed by atoms with Crippen LogP contribution in [0.4, 0.5) is 0 Å². The van der Waals surface area contributed by atoms with Crippen LogP contribution in [0.3, 0.4) is 0 Å². The predicted molar refractivity (Wildman–Crippen MR) is 281 cm³/mol. The molecule has 1 amide bonds. The second kappa shape index (κ2) is 29.9. The fourth-order valence-electron chi connectivity index (χ4n) is 11.1. The maximum absolute atomic E-state index is 14.6. The van der Waals surface area contributed by atoms with Gasteiger partial charge in [-0.2, -0.15) is 0 Å². The molecule has 0 unspecified atom stereocenters. The van der Waals surface area contributed by atoms with E-state index in [2.05, 4.69) is 0 Å². The number of amides is 1. The van der Waals surface area contributed by atoms with Gasteiger partial charge in [0.25, 0.3) is 11.7 Å². The van der Waals surface area contributed by atoms with Crippen LogP contribution in [0.25, 0.3) is 0 Å². The number of Topliss-reactive ketones (excluding diaryl/α,β-unsaturated/α-hetero) is 3. The third kappa shape index (κ3) is 17.8. The van der Waals surface area contributed by atoms with Gasteiger partial charge >= 0.3 is 5.97 Å².